The van der Waals surface area contributed by atoms with Crippen LogP contribution in [0.5, 0.6) is 0 Å². The van der Waals surface area contributed by atoms with Crippen molar-refractivity contribution in [1.29, 1.82) is 0 Å². The molecule has 3 heterocycles. The lowest BCUT2D eigenvalue weighted by atomic mass is 9.41. The number of aliphatic hydroxyl groups excluding tert-OH is 8. The van der Waals surface area contributed by atoms with E-state index in [0.717, 1.165) is 56.9 Å². The van der Waals surface area contributed by atoms with Gasteiger partial charge in [-0.25, -0.2) is 0 Å². The van der Waals surface area contributed by atoms with Crippen LogP contribution in [0.1, 0.15) is 99.3 Å². The predicted molar refractivity (Wildman–Crippen MR) is 203 cm³/mol. The van der Waals surface area contributed by atoms with Gasteiger partial charge in [-0.05, 0) is 118 Å². The van der Waals surface area contributed by atoms with Gasteiger partial charge in [-0.15, -0.1) is 0 Å². The predicted octanol–water partition coefficient (Wildman–Crippen LogP) is 1.75. The smallest absolute Gasteiger partial charge is 0.187 e. The zero-order chi connectivity index (χ0) is 41.2. The van der Waals surface area contributed by atoms with E-state index >= 15 is 0 Å². The molecule has 8 rings (SSSR count). The SMILES string of the molecule is CO[C@@H]1O[C@H](C=C(C)C)[C@H](O)[C@@H]1[C@H]1CC[C@@]2(C)[C@@H]3CCC4[C@@]5(CC[C@H](O[C@@H]6O[C@H](CO)[C@@H](O)[C@H](O)[C@H]6O[C@@H]6O[C@@H](C)[C@H](O)[C@@H](O)[C@H]6O)[C@]4(C)CO)C[C@@]35CC[C@]12C. The Morgan fingerprint density at radius 3 is 2.05 bits per heavy atom. The molecule has 14 nitrogen and oxygen atoms in total. The van der Waals surface area contributed by atoms with Gasteiger partial charge in [-0.2, -0.15) is 0 Å². The Kier molecular flexibility index (Phi) is 11.2. The minimum absolute atomic E-state index is 0.00465. The molecule has 0 aromatic rings. The molecule has 8 aliphatic rings. The van der Waals surface area contributed by atoms with E-state index in [1.165, 1.54) is 6.92 Å². The second kappa shape index (κ2) is 14.9. The molecule has 326 valence electrons. The first-order valence-corrected chi connectivity index (χ1v) is 21.6. The summed E-state index contributed by atoms with van der Waals surface area (Å²) in [6, 6.07) is 0. The molecule has 2 spiro atoms. The number of rotatable bonds is 9. The van der Waals surface area contributed by atoms with Gasteiger partial charge in [0, 0.05) is 18.4 Å². The molecule has 3 aliphatic heterocycles. The zero-order valence-corrected chi connectivity index (χ0v) is 34.8. The Bertz CT molecular complexity index is 1510. The van der Waals surface area contributed by atoms with Crippen LogP contribution in [0.2, 0.25) is 0 Å². The van der Waals surface area contributed by atoms with Gasteiger partial charge in [0.15, 0.2) is 18.9 Å². The summed E-state index contributed by atoms with van der Waals surface area (Å²) < 4.78 is 36.8. The first-order valence-electron chi connectivity index (χ1n) is 21.6. The molecule has 1 unspecified atom stereocenters. The van der Waals surface area contributed by atoms with Crippen LogP contribution in [-0.4, -0.2) is 147 Å². The zero-order valence-electron chi connectivity index (χ0n) is 34.8. The summed E-state index contributed by atoms with van der Waals surface area (Å²) >= 11 is 0. The highest BCUT2D eigenvalue weighted by Gasteiger charge is 2.83. The van der Waals surface area contributed by atoms with Crippen molar-refractivity contribution < 1.29 is 69.3 Å². The highest BCUT2D eigenvalue weighted by molar-refractivity contribution is 5.31. The van der Waals surface area contributed by atoms with E-state index < -0.39 is 91.9 Å². The topological polar surface area (TPSA) is 217 Å². The van der Waals surface area contributed by atoms with Crippen molar-refractivity contribution in [3.05, 3.63) is 11.6 Å². The van der Waals surface area contributed by atoms with E-state index in [-0.39, 0.29) is 52.1 Å². The quantitative estimate of drug-likeness (QED) is 0.123. The molecule has 3 saturated heterocycles. The molecular weight excluding hydrogens is 740 g/mol. The Morgan fingerprint density at radius 2 is 1.39 bits per heavy atom. The fraction of sp³-hybridized carbons (Fsp3) is 0.953. The second-order valence-corrected chi connectivity index (χ2v) is 20.5. The summed E-state index contributed by atoms with van der Waals surface area (Å²) in [5, 5.41) is 86.8. The second-order valence-electron chi connectivity index (χ2n) is 20.5. The van der Waals surface area contributed by atoms with Crippen LogP contribution in [0, 0.1) is 50.7 Å². The van der Waals surface area contributed by atoms with Crippen molar-refractivity contribution in [2.24, 2.45) is 50.7 Å². The summed E-state index contributed by atoms with van der Waals surface area (Å²) in [5.74, 6) is 0.794. The third-order valence-electron chi connectivity index (χ3n) is 18.0. The van der Waals surface area contributed by atoms with E-state index in [9.17, 15) is 40.9 Å². The van der Waals surface area contributed by atoms with Crippen molar-refractivity contribution in [2.45, 2.75) is 185 Å². The first-order chi connectivity index (χ1) is 26.9. The monoisotopic (exact) mass is 810 g/mol. The number of hydrogen-bond donors (Lipinski definition) is 8. The molecule has 8 fully saturated rings. The van der Waals surface area contributed by atoms with Crippen LogP contribution >= 0.6 is 0 Å². The molecule has 5 aliphatic carbocycles. The van der Waals surface area contributed by atoms with Crippen LogP contribution in [0.3, 0.4) is 0 Å². The van der Waals surface area contributed by atoms with E-state index in [1.807, 2.05) is 19.9 Å². The van der Waals surface area contributed by atoms with Gasteiger partial charge in [0.25, 0.3) is 0 Å². The highest BCUT2D eigenvalue weighted by atomic mass is 16.8. The van der Waals surface area contributed by atoms with Gasteiger partial charge in [-0.3, -0.25) is 0 Å². The molecule has 0 radical (unpaired) electrons. The summed E-state index contributed by atoms with van der Waals surface area (Å²) in [7, 11) is 1.69. The lowest BCUT2D eigenvalue weighted by Gasteiger charge is -2.64. The molecule has 23 atom stereocenters. The van der Waals surface area contributed by atoms with E-state index in [0.29, 0.717) is 12.3 Å². The number of fused-ring (bicyclic) bond motifs is 2. The van der Waals surface area contributed by atoms with Gasteiger partial charge < -0.3 is 69.3 Å². The summed E-state index contributed by atoms with van der Waals surface area (Å²) in [5.41, 5.74) is 0.650. The molecule has 5 saturated carbocycles. The lowest BCUT2D eigenvalue weighted by Crippen LogP contribution is -2.65. The Hall–Kier alpha value is -0.820. The Labute approximate surface area is 336 Å². The maximum Gasteiger partial charge on any atom is 0.187 e. The lowest BCUT2D eigenvalue weighted by molar-refractivity contribution is -0.376. The number of ether oxygens (including phenoxy) is 6. The van der Waals surface area contributed by atoms with Crippen molar-refractivity contribution in [2.75, 3.05) is 20.3 Å². The maximum atomic E-state index is 11.7. The maximum absolute atomic E-state index is 11.7. The molecule has 0 aromatic heterocycles. The Balaban J connectivity index is 1.03. The average Bonchev–Trinajstić information content (AvgIpc) is 3.65. The fourth-order valence-corrected chi connectivity index (χ4v) is 14.8. The molecule has 0 bridgehead atoms. The van der Waals surface area contributed by atoms with Gasteiger partial charge in [0.05, 0.1) is 31.5 Å². The van der Waals surface area contributed by atoms with Crippen LogP contribution in [-0.2, 0) is 28.4 Å². The average molecular weight is 811 g/mol. The van der Waals surface area contributed by atoms with Gasteiger partial charge in [-0.1, -0.05) is 32.4 Å². The standard InChI is InChI=1S/C43H70O14/c1-20(2)16-23-30(47)28(36(52-7)54-23)22-10-12-41(6)26-9-8-25-39(4,19-45)27(11-13-42(25)18-43(26,42)15-14-40(22,41)5)56-38-35(33(50)31(48)24(17-44)55-38)57-37-34(51)32(49)29(46)21(3)53-37/h16,21-38,44-51H,8-15,17-19H2,1-7H3/t21-,22+,23+,24+,25?,26-,27-,28-,29-,30-,31+,32+,33-,34+,35+,36+,37-,38-,39+,40+,41-,42+,43-/m0/s1. The third-order valence-corrected chi connectivity index (χ3v) is 18.0. The van der Waals surface area contributed by atoms with E-state index in [2.05, 4.69) is 20.8 Å². The Morgan fingerprint density at radius 1 is 0.684 bits per heavy atom. The number of allylic oxidation sites excluding steroid dienone is 1. The van der Waals surface area contributed by atoms with Crippen LogP contribution in [0.15, 0.2) is 11.6 Å². The molecule has 14 heteroatoms. The van der Waals surface area contributed by atoms with Crippen molar-refractivity contribution in [1.82, 2.24) is 0 Å². The van der Waals surface area contributed by atoms with Crippen molar-refractivity contribution in [3.8, 4) is 0 Å². The number of hydrogen-bond acceptors (Lipinski definition) is 14. The third kappa shape index (κ3) is 6.08. The van der Waals surface area contributed by atoms with Crippen molar-refractivity contribution in [3.63, 3.8) is 0 Å². The largest absolute Gasteiger partial charge is 0.396 e. The fourth-order valence-electron chi connectivity index (χ4n) is 14.8. The minimum atomic E-state index is -1.66. The highest BCUT2D eigenvalue weighted by Crippen LogP contribution is 2.89. The molecule has 57 heavy (non-hydrogen) atoms. The van der Waals surface area contributed by atoms with Gasteiger partial charge in [0.1, 0.15) is 48.8 Å². The number of methoxy groups -OCH3 is 1. The van der Waals surface area contributed by atoms with E-state index in [1.54, 1.807) is 7.11 Å². The van der Waals surface area contributed by atoms with E-state index in [4.69, 9.17) is 28.4 Å². The van der Waals surface area contributed by atoms with Crippen LogP contribution in [0.4, 0.5) is 0 Å². The summed E-state index contributed by atoms with van der Waals surface area (Å²) in [6.45, 7) is 11.9. The van der Waals surface area contributed by atoms with Gasteiger partial charge >= 0.3 is 0 Å². The summed E-state index contributed by atoms with van der Waals surface area (Å²) in [4.78, 5) is 0. The van der Waals surface area contributed by atoms with Crippen molar-refractivity contribution >= 4 is 0 Å². The molecular formula is C43H70O14. The minimum Gasteiger partial charge on any atom is -0.396 e. The molecule has 0 aromatic carbocycles. The van der Waals surface area contributed by atoms with Gasteiger partial charge in [0.2, 0.25) is 0 Å². The number of aliphatic hydroxyl groups is 8. The first kappa shape index (κ1) is 42.9. The van der Waals surface area contributed by atoms with Crippen LogP contribution < -0.4 is 0 Å². The van der Waals surface area contributed by atoms with Crippen LogP contribution in [0.25, 0.3) is 0 Å². The normalized spacial score (nSPS) is 58.3. The summed E-state index contributed by atoms with van der Waals surface area (Å²) in [6.07, 6.45) is -5.22. The molecule has 0 amide bonds. The molecule has 8 N–H and O–H groups in total.